The first-order valence-electron chi connectivity index (χ1n) is 9.84. The van der Waals surface area contributed by atoms with Crippen molar-refractivity contribution in [3.63, 3.8) is 0 Å². The van der Waals surface area contributed by atoms with E-state index in [-0.39, 0.29) is 35.4 Å². The fourth-order valence-corrected chi connectivity index (χ4v) is 3.33. The van der Waals surface area contributed by atoms with Crippen molar-refractivity contribution in [2.45, 2.75) is 0 Å². The topological polar surface area (TPSA) is 117 Å². The van der Waals surface area contributed by atoms with Crippen LogP contribution in [0.1, 0.15) is 20.7 Å². The molecule has 166 valence electrons. The maximum atomic E-state index is 12.8. The van der Waals surface area contributed by atoms with Gasteiger partial charge in [-0.05, 0) is 18.2 Å². The van der Waals surface area contributed by atoms with E-state index in [0.29, 0.717) is 45.0 Å². The lowest BCUT2D eigenvalue weighted by Crippen LogP contribution is -2.42. The van der Waals surface area contributed by atoms with Gasteiger partial charge >= 0.3 is 0 Å². The maximum absolute atomic E-state index is 12.8. The average molecular weight is 432 g/mol. The molecule has 2 aromatic rings. The van der Waals surface area contributed by atoms with E-state index >= 15 is 0 Å². The average Bonchev–Trinajstić information content (AvgIpc) is 2.77. The van der Waals surface area contributed by atoms with E-state index in [1.165, 1.54) is 12.1 Å². The van der Waals surface area contributed by atoms with Gasteiger partial charge in [0.05, 0.1) is 63.1 Å². The molecule has 0 aliphatic carbocycles. The van der Waals surface area contributed by atoms with E-state index in [9.17, 15) is 19.7 Å². The largest absolute Gasteiger partial charge is 0.382 e. The fraction of sp³-hybridized carbons (Fsp3) is 0.429. The number of amides is 2. The van der Waals surface area contributed by atoms with E-state index in [1.54, 1.807) is 25.3 Å². The molecule has 0 N–H and O–H groups in total. The minimum absolute atomic E-state index is 0.0740. The Balaban J connectivity index is 1.52. The lowest BCUT2D eigenvalue weighted by Gasteiger charge is -2.27. The molecule has 0 unspecified atom stereocenters. The molecule has 1 aliphatic heterocycles. The molecular weight excluding hydrogens is 408 g/mol. The molecule has 0 spiro atoms. The minimum atomic E-state index is -0.522. The highest BCUT2D eigenvalue weighted by atomic mass is 16.6. The van der Waals surface area contributed by atoms with Crippen molar-refractivity contribution in [2.24, 2.45) is 0 Å². The molecule has 0 saturated carbocycles. The first-order valence-corrected chi connectivity index (χ1v) is 9.84. The van der Waals surface area contributed by atoms with Crippen LogP contribution >= 0.6 is 0 Å². The molecule has 1 heterocycles. The van der Waals surface area contributed by atoms with Crippen LogP contribution in [0.15, 0.2) is 30.3 Å². The molecule has 31 heavy (non-hydrogen) atoms. The maximum Gasteiger partial charge on any atom is 0.277 e. The van der Waals surface area contributed by atoms with Crippen LogP contribution in [0.4, 0.5) is 5.69 Å². The zero-order chi connectivity index (χ0) is 22.2. The van der Waals surface area contributed by atoms with E-state index in [1.807, 2.05) is 0 Å². The Bertz CT molecular complexity index is 940. The van der Waals surface area contributed by atoms with Crippen LogP contribution in [0.3, 0.4) is 0 Å². The Morgan fingerprint density at radius 3 is 2.03 bits per heavy atom. The number of hydrogen-bond acceptors (Lipinski definition) is 8. The minimum Gasteiger partial charge on any atom is -0.382 e. The van der Waals surface area contributed by atoms with Crippen LogP contribution in [0.25, 0.3) is 10.8 Å². The summed E-state index contributed by atoms with van der Waals surface area (Å²) >= 11 is 0. The van der Waals surface area contributed by atoms with Gasteiger partial charge in [-0.1, -0.05) is 6.07 Å². The van der Waals surface area contributed by atoms with Gasteiger partial charge in [0, 0.05) is 29.7 Å². The number of ether oxygens (including phenoxy) is 4. The van der Waals surface area contributed by atoms with Crippen LogP contribution in [0.2, 0.25) is 0 Å². The highest BCUT2D eigenvalue weighted by molar-refractivity contribution is 6.26. The van der Waals surface area contributed by atoms with Gasteiger partial charge in [0.1, 0.15) is 0 Å². The molecule has 2 aromatic carbocycles. The molecule has 3 rings (SSSR count). The molecule has 0 fully saturated rings. The van der Waals surface area contributed by atoms with Crippen molar-refractivity contribution in [3.05, 3.63) is 51.6 Å². The van der Waals surface area contributed by atoms with Crippen molar-refractivity contribution in [3.8, 4) is 0 Å². The second-order valence-electron chi connectivity index (χ2n) is 6.71. The second kappa shape index (κ2) is 10.9. The molecule has 0 radical (unpaired) electrons. The van der Waals surface area contributed by atoms with Gasteiger partial charge < -0.3 is 18.9 Å². The van der Waals surface area contributed by atoms with Gasteiger partial charge in [-0.3, -0.25) is 24.6 Å². The highest BCUT2D eigenvalue weighted by Gasteiger charge is 2.34. The Morgan fingerprint density at radius 1 is 0.839 bits per heavy atom. The molecule has 10 heteroatoms. The van der Waals surface area contributed by atoms with E-state index in [4.69, 9.17) is 18.9 Å². The standard InChI is InChI=1S/C21H24N2O8/c1-28-9-10-30-13-14-31-12-11-29-8-7-22-20(24)16-4-2-3-15-18(23(26)27)6-5-17(19(15)16)21(22)25/h2-6H,7-14H2,1H3. The first-order chi connectivity index (χ1) is 15.1. The summed E-state index contributed by atoms with van der Waals surface area (Å²) in [7, 11) is 1.60. The smallest absolute Gasteiger partial charge is 0.277 e. The fourth-order valence-electron chi connectivity index (χ4n) is 3.33. The van der Waals surface area contributed by atoms with Crippen LogP contribution in [-0.2, 0) is 18.9 Å². The van der Waals surface area contributed by atoms with E-state index < -0.39 is 16.7 Å². The quantitative estimate of drug-likeness (QED) is 0.204. The van der Waals surface area contributed by atoms with Gasteiger partial charge in [0.15, 0.2) is 0 Å². The highest BCUT2D eigenvalue weighted by Crippen LogP contribution is 2.35. The number of imide groups is 1. The third-order valence-electron chi connectivity index (χ3n) is 4.80. The van der Waals surface area contributed by atoms with Crippen LogP contribution in [0, 0.1) is 10.1 Å². The number of nitro groups is 1. The summed E-state index contributed by atoms with van der Waals surface area (Å²) in [5, 5.41) is 11.9. The van der Waals surface area contributed by atoms with Crippen molar-refractivity contribution in [1.29, 1.82) is 0 Å². The lowest BCUT2D eigenvalue weighted by atomic mass is 9.93. The van der Waals surface area contributed by atoms with Gasteiger partial charge in [-0.15, -0.1) is 0 Å². The molecule has 0 saturated heterocycles. The molecule has 0 atom stereocenters. The van der Waals surface area contributed by atoms with Gasteiger partial charge in [-0.2, -0.15) is 0 Å². The van der Waals surface area contributed by atoms with Gasteiger partial charge in [0.25, 0.3) is 17.5 Å². The third-order valence-corrected chi connectivity index (χ3v) is 4.80. The molecule has 0 aromatic heterocycles. The number of nitrogens with zero attached hydrogens (tertiary/aromatic N) is 2. The van der Waals surface area contributed by atoms with Crippen molar-refractivity contribution in [2.75, 3.05) is 59.9 Å². The Hall–Kier alpha value is -2.92. The number of non-ortho nitro benzene ring substituents is 1. The number of methoxy groups -OCH3 is 1. The van der Waals surface area contributed by atoms with E-state index in [0.717, 1.165) is 4.90 Å². The number of hydrogen-bond donors (Lipinski definition) is 0. The molecule has 2 amide bonds. The Labute approximate surface area is 178 Å². The summed E-state index contributed by atoms with van der Waals surface area (Å²) in [5.74, 6) is -0.978. The predicted octanol–water partition coefficient (Wildman–Crippen LogP) is 2.04. The van der Waals surface area contributed by atoms with E-state index in [2.05, 4.69) is 0 Å². The number of carbonyl (C=O) groups excluding carboxylic acids is 2. The van der Waals surface area contributed by atoms with Crippen LogP contribution in [0.5, 0.6) is 0 Å². The number of nitro benzene ring substituents is 1. The monoisotopic (exact) mass is 432 g/mol. The number of benzene rings is 2. The summed E-state index contributed by atoms with van der Waals surface area (Å²) in [6, 6.07) is 7.38. The Kier molecular flexibility index (Phi) is 8.01. The molecular formula is C21H24N2O8. The summed E-state index contributed by atoms with van der Waals surface area (Å²) < 4.78 is 21.0. The van der Waals surface area contributed by atoms with Gasteiger partial charge in [0.2, 0.25) is 0 Å². The third kappa shape index (κ3) is 5.23. The van der Waals surface area contributed by atoms with Crippen molar-refractivity contribution >= 4 is 28.3 Å². The zero-order valence-corrected chi connectivity index (χ0v) is 17.2. The van der Waals surface area contributed by atoms with Crippen LogP contribution < -0.4 is 0 Å². The normalized spacial score (nSPS) is 13.3. The van der Waals surface area contributed by atoms with Crippen molar-refractivity contribution < 1.29 is 33.5 Å². The number of carbonyl (C=O) groups is 2. The predicted molar refractivity (Wildman–Crippen MR) is 110 cm³/mol. The zero-order valence-electron chi connectivity index (χ0n) is 17.2. The first kappa shape index (κ1) is 22.8. The molecule has 1 aliphatic rings. The summed E-state index contributed by atoms with van der Waals surface area (Å²) in [6.45, 7) is 2.85. The lowest BCUT2D eigenvalue weighted by molar-refractivity contribution is -0.383. The van der Waals surface area contributed by atoms with Crippen molar-refractivity contribution in [1.82, 2.24) is 4.90 Å². The second-order valence-corrected chi connectivity index (χ2v) is 6.71. The molecule has 0 bridgehead atoms. The summed E-state index contributed by atoms with van der Waals surface area (Å²) in [4.78, 5) is 37.5. The van der Waals surface area contributed by atoms with Crippen LogP contribution in [-0.4, -0.2) is 81.5 Å². The Morgan fingerprint density at radius 2 is 1.42 bits per heavy atom. The SMILES string of the molecule is COCCOCCOCCOCCN1C(=O)c2cccc3c([N+](=O)[O-])ccc(c23)C1=O. The number of rotatable bonds is 13. The molecule has 10 nitrogen and oxygen atoms in total. The summed E-state index contributed by atoms with van der Waals surface area (Å²) in [5.41, 5.74) is 0.405. The van der Waals surface area contributed by atoms with Gasteiger partial charge in [-0.25, -0.2) is 0 Å². The summed E-state index contributed by atoms with van der Waals surface area (Å²) in [6.07, 6.45) is 0.